The molecule has 1 fully saturated rings. The third-order valence-corrected chi connectivity index (χ3v) is 6.22. The SMILES string of the molecule is COc1cc(N)c(Cl)cc1C(=O)N[C@H]1CCN(CCCOc2ccc(F)cc2)C[C@H]1OC.O=C(O)C=CC(=O)O. The van der Waals surface area contributed by atoms with Crippen molar-refractivity contribution >= 4 is 35.1 Å². The van der Waals surface area contributed by atoms with Crippen molar-refractivity contribution in [3.8, 4) is 11.5 Å². The number of likely N-dealkylation sites (tertiary alicyclic amines) is 1. The van der Waals surface area contributed by atoms with Crippen LogP contribution in [-0.2, 0) is 14.3 Å². The molecule has 1 heterocycles. The zero-order valence-electron chi connectivity index (χ0n) is 22.1. The van der Waals surface area contributed by atoms with Gasteiger partial charge in [0.15, 0.2) is 0 Å². The van der Waals surface area contributed by atoms with Gasteiger partial charge in [-0.1, -0.05) is 11.6 Å². The number of piperidine rings is 1. The maximum Gasteiger partial charge on any atom is 0.328 e. The van der Waals surface area contributed by atoms with Crippen LogP contribution in [0.25, 0.3) is 0 Å². The second-order valence-corrected chi connectivity index (χ2v) is 9.09. The van der Waals surface area contributed by atoms with Crippen LogP contribution in [-0.4, -0.2) is 85.6 Å². The van der Waals surface area contributed by atoms with E-state index in [1.165, 1.54) is 25.3 Å². The van der Waals surface area contributed by atoms with Crippen LogP contribution in [0, 0.1) is 5.82 Å². The molecular formula is C27H33ClFN3O8. The largest absolute Gasteiger partial charge is 0.496 e. The lowest BCUT2D eigenvalue weighted by molar-refractivity contribution is -0.134. The standard InChI is InChI=1S/C23H29ClFN3O4.C4H4O4/c1-30-21-13-19(26)18(24)12-17(21)23(29)27-20-8-10-28(14-22(20)31-2)9-3-11-32-16-6-4-15(25)5-7-16;5-3(6)1-2-4(7)8/h4-7,12-13,20,22H,3,8-11,14,26H2,1-2H3,(H,27,29);1-2H,(H,5,6)(H,7,8)/t20-,22+;/m0./s1. The fraction of sp³-hybridized carbons (Fsp3) is 0.370. The smallest absolute Gasteiger partial charge is 0.328 e. The van der Waals surface area contributed by atoms with Gasteiger partial charge in [0.2, 0.25) is 0 Å². The number of methoxy groups -OCH3 is 2. The number of carboxylic acids is 2. The van der Waals surface area contributed by atoms with E-state index in [0.717, 1.165) is 25.9 Å². The summed E-state index contributed by atoms with van der Waals surface area (Å²) < 4.78 is 29.5. The molecule has 0 aromatic heterocycles. The van der Waals surface area contributed by atoms with Crippen LogP contribution < -0.4 is 20.5 Å². The number of amides is 1. The molecular weight excluding hydrogens is 549 g/mol. The monoisotopic (exact) mass is 581 g/mol. The van der Waals surface area contributed by atoms with Gasteiger partial charge >= 0.3 is 11.9 Å². The Morgan fingerprint density at radius 3 is 2.38 bits per heavy atom. The first-order valence-corrected chi connectivity index (χ1v) is 12.6. The van der Waals surface area contributed by atoms with E-state index in [4.69, 9.17) is 41.8 Å². The van der Waals surface area contributed by atoms with Crippen LogP contribution in [0.3, 0.4) is 0 Å². The van der Waals surface area contributed by atoms with Gasteiger partial charge in [0.05, 0.1) is 42.1 Å². The third-order valence-electron chi connectivity index (χ3n) is 5.90. The maximum absolute atomic E-state index is 12.9. The average Bonchev–Trinajstić information content (AvgIpc) is 2.93. The molecule has 40 heavy (non-hydrogen) atoms. The Balaban J connectivity index is 0.000000611. The van der Waals surface area contributed by atoms with Gasteiger partial charge in [0, 0.05) is 45.0 Å². The van der Waals surface area contributed by atoms with Crippen molar-refractivity contribution < 1.29 is 43.2 Å². The topological polar surface area (TPSA) is 161 Å². The van der Waals surface area contributed by atoms with Gasteiger partial charge in [-0.25, -0.2) is 14.0 Å². The summed E-state index contributed by atoms with van der Waals surface area (Å²) in [6, 6.07) is 8.92. The Bertz CT molecular complexity index is 1160. The highest BCUT2D eigenvalue weighted by molar-refractivity contribution is 6.33. The maximum atomic E-state index is 12.9. The number of aliphatic carboxylic acids is 2. The number of anilines is 1. The number of carbonyl (C=O) groups is 3. The average molecular weight is 582 g/mol. The summed E-state index contributed by atoms with van der Waals surface area (Å²) in [5.41, 5.74) is 6.49. The molecule has 0 aliphatic carbocycles. The van der Waals surface area contributed by atoms with Crippen LogP contribution >= 0.6 is 11.6 Å². The number of nitrogens with zero attached hydrogens (tertiary/aromatic N) is 1. The van der Waals surface area contributed by atoms with Gasteiger partial charge in [0.25, 0.3) is 5.91 Å². The molecule has 2 atom stereocenters. The zero-order valence-corrected chi connectivity index (χ0v) is 22.9. The summed E-state index contributed by atoms with van der Waals surface area (Å²) in [6.45, 7) is 2.89. The first-order valence-electron chi connectivity index (χ1n) is 12.2. The highest BCUT2D eigenvalue weighted by Crippen LogP contribution is 2.29. The molecule has 2 aromatic rings. The van der Waals surface area contributed by atoms with E-state index in [1.54, 1.807) is 25.3 Å². The predicted molar refractivity (Wildman–Crippen MR) is 146 cm³/mol. The third kappa shape index (κ3) is 10.7. The van der Waals surface area contributed by atoms with Crippen molar-refractivity contribution in [1.82, 2.24) is 10.2 Å². The number of ether oxygens (including phenoxy) is 3. The number of rotatable bonds is 11. The highest BCUT2D eigenvalue weighted by Gasteiger charge is 2.31. The Morgan fingerprint density at radius 1 is 1.15 bits per heavy atom. The summed E-state index contributed by atoms with van der Waals surface area (Å²) in [5, 5.41) is 19.0. The van der Waals surface area contributed by atoms with E-state index in [0.29, 0.717) is 53.1 Å². The van der Waals surface area contributed by atoms with Crippen molar-refractivity contribution in [3.63, 3.8) is 0 Å². The molecule has 0 spiro atoms. The first kappa shape index (κ1) is 32.3. The quantitative estimate of drug-likeness (QED) is 0.176. The predicted octanol–water partition coefficient (Wildman–Crippen LogP) is 3.07. The zero-order chi connectivity index (χ0) is 29.7. The summed E-state index contributed by atoms with van der Waals surface area (Å²) in [5.74, 6) is -2.05. The minimum atomic E-state index is -1.26. The van der Waals surface area contributed by atoms with Crippen LogP contribution in [0.4, 0.5) is 10.1 Å². The van der Waals surface area contributed by atoms with Gasteiger partial charge in [-0.3, -0.25) is 4.79 Å². The van der Waals surface area contributed by atoms with Crippen LogP contribution in [0.5, 0.6) is 11.5 Å². The Kier molecular flexibility index (Phi) is 13.2. The van der Waals surface area contributed by atoms with Gasteiger partial charge < -0.3 is 40.4 Å². The van der Waals surface area contributed by atoms with Gasteiger partial charge in [-0.15, -0.1) is 0 Å². The summed E-state index contributed by atoms with van der Waals surface area (Å²) >= 11 is 6.09. The molecule has 1 aliphatic heterocycles. The summed E-state index contributed by atoms with van der Waals surface area (Å²) in [6.07, 6.45) is 2.53. The number of halogens is 2. The van der Waals surface area contributed by atoms with Gasteiger partial charge in [0.1, 0.15) is 17.3 Å². The highest BCUT2D eigenvalue weighted by atomic mass is 35.5. The number of carboxylic acid groups (broad SMARTS) is 2. The van der Waals surface area contributed by atoms with Crippen molar-refractivity contribution in [1.29, 1.82) is 0 Å². The van der Waals surface area contributed by atoms with Crippen molar-refractivity contribution in [2.75, 3.05) is 46.2 Å². The van der Waals surface area contributed by atoms with Crippen molar-refractivity contribution in [2.45, 2.75) is 25.0 Å². The number of hydrogen-bond donors (Lipinski definition) is 4. The second kappa shape index (κ2) is 16.3. The Hall–Kier alpha value is -3.87. The normalized spacial score (nSPS) is 17.0. The molecule has 13 heteroatoms. The van der Waals surface area contributed by atoms with Crippen LogP contribution in [0.1, 0.15) is 23.2 Å². The van der Waals surface area contributed by atoms with Crippen molar-refractivity contribution in [2.24, 2.45) is 0 Å². The van der Waals surface area contributed by atoms with E-state index in [2.05, 4.69) is 10.2 Å². The summed E-state index contributed by atoms with van der Waals surface area (Å²) in [4.78, 5) is 34.3. The van der Waals surface area contributed by atoms with Gasteiger partial charge in [-0.2, -0.15) is 0 Å². The molecule has 0 saturated carbocycles. The van der Waals surface area contributed by atoms with Crippen LogP contribution in [0.2, 0.25) is 5.02 Å². The molecule has 5 N–H and O–H groups in total. The minimum Gasteiger partial charge on any atom is -0.496 e. The fourth-order valence-corrected chi connectivity index (χ4v) is 4.06. The lowest BCUT2D eigenvalue weighted by atomic mass is 10.0. The minimum absolute atomic E-state index is 0.139. The molecule has 2 aromatic carbocycles. The fourth-order valence-electron chi connectivity index (χ4n) is 3.90. The van der Waals surface area contributed by atoms with E-state index in [1.807, 2.05) is 0 Å². The number of hydrogen-bond acceptors (Lipinski definition) is 8. The van der Waals surface area contributed by atoms with E-state index in [9.17, 15) is 18.8 Å². The molecule has 218 valence electrons. The van der Waals surface area contributed by atoms with Crippen molar-refractivity contribution in [3.05, 3.63) is 65.0 Å². The number of nitrogens with two attached hydrogens (primary N) is 1. The molecule has 1 aliphatic rings. The van der Waals surface area contributed by atoms with E-state index >= 15 is 0 Å². The number of carbonyl (C=O) groups excluding carboxylic acids is 1. The van der Waals surface area contributed by atoms with Crippen LogP contribution in [0.15, 0.2) is 48.6 Å². The number of nitrogen functional groups attached to an aromatic ring is 1. The van der Waals surface area contributed by atoms with E-state index < -0.39 is 11.9 Å². The molecule has 1 amide bonds. The summed E-state index contributed by atoms with van der Waals surface area (Å²) in [7, 11) is 3.13. The molecule has 0 unspecified atom stereocenters. The molecule has 0 bridgehead atoms. The van der Waals surface area contributed by atoms with Gasteiger partial charge in [-0.05, 0) is 43.2 Å². The first-order chi connectivity index (χ1) is 19.0. The molecule has 11 nitrogen and oxygen atoms in total. The number of nitrogens with one attached hydrogen (secondary N) is 1. The molecule has 1 saturated heterocycles. The number of benzene rings is 2. The lowest BCUT2D eigenvalue weighted by Crippen LogP contribution is -2.55. The Morgan fingerprint density at radius 2 is 1.80 bits per heavy atom. The molecule has 3 rings (SSSR count). The van der Waals surface area contributed by atoms with E-state index in [-0.39, 0.29) is 23.9 Å². The molecule has 0 radical (unpaired) electrons. The Labute approximate surface area is 236 Å². The lowest BCUT2D eigenvalue weighted by Gasteiger charge is -2.38. The second-order valence-electron chi connectivity index (χ2n) is 8.68.